The second-order valence-corrected chi connectivity index (χ2v) is 8.68. The van der Waals surface area contributed by atoms with Crippen LogP contribution >= 0.6 is 35.7 Å². The normalized spacial score (nSPS) is 45.7. The average Bonchev–Trinajstić information content (AvgIpc) is 3.11. The Kier molecular flexibility index (Phi) is 3.18. The fourth-order valence-electron chi connectivity index (χ4n) is 3.87. The van der Waals surface area contributed by atoms with Gasteiger partial charge in [0.25, 0.3) is 0 Å². The molecule has 0 unspecified atom stereocenters. The lowest BCUT2D eigenvalue weighted by Gasteiger charge is -2.28. The maximum Gasteiger partial charge on any atom is 0.181 e. The maximum absolute atomic E-state index is 5.49. The number of thiocarbonyl (C=S) groups is 1. The predicted molar refractivity (Wildman–Crippen MR) is 82.4 cm³/mol. The fraction of sp³-hybridized carbons (Fsp3) is 0.917. The lowest BCUT2D eigenvalue weighted by Crippen LogP contribution is -2.52. The zero-order chi connectivity index (χ0) is 12.1. The molecule has 2 N–H and O–H groups in total. The van der Waals surface area contributed by atoms with Crippen molar-refractivity contribution in [1.82, 2.24) is 15.8 Å². The van der Waals surface area contributed by atoms with E-state index in [1.54, 1.807) is 0 Å². The number of thioether (sulfide) groups is 2. The standard InChI is InChI=1S/C12H19N3S3/c16-12(13-9-4-7-1-2-8(9)3-7)14-15-10-5-17-11(15)6-18-10/h7-11H,1-6H2,(H2,13,14,16)/t7-,8-,9+,10-,11+/m0/s1. The number of hydrogen-bond donors (Lipinski definition) is 2. The van der Waals surface area contributed by atoms with Crippen molar-refractivity contribution in [2.24, 2.45) is 11.8 Å². The molecule has 2 aliphatic heterocycles. The quantitative estimate of drug-likeness (QED) is 0.758. The Labute approximate surface area is 122 Å². The highest BCUT2D eigenvalue weighted by molar-refractivity contribution is 8.07. The van der Waals surface area contributed by atoms with Gasteiger partial charge in [-0.2, -0.15) is 5.01 Å². The first-order chi connectivity index (χ1) is 8.79. The molecule has 4 rings (SSSR count). The van der Waals surface area contributed by atoms with Crippen molar-refractivity contribution in [1.29, 1.82) is 0 Å². The van der Waals surface area contributed by atoms with Crippen molar-refractivity contribution >= 4 is 40.9 Å². The Morgan fingerprint density at radius 3 is 2.44 bits per heavy atom. The highest BCUT2D eigenvalue weighted by Crippen LogP contribution is 2.45. The Morgan fingerprint density at radius 1 is 1.11 bits per heavy atom. The Balaban J connectivity index is 1.32. The molecule has 18 heavy (non-hydrogen) atoms. The summed E-state index contributed by atoms with van der Waals surface area (Å²) in [5.74, 6) is 4.33. The van der Waals surface area contributed by atoms with Crippen molar-refractivity contribution in [3.05, 3.63) is 0 Å². The van der Waals surface area contributed by atoms with E-state index in [9.17, 15) is 0 Å². The molecule has 100 valence electrons. The van der Waals surface area contributed by atoms with E-state index in [1.165, 1.54) is 37.2 Å². The molecule has 4 bridgehead atoms. The van der Waals surface area contributed by atoms with Crippen LogP contribution in [0.3, 0.4) is 0 Å². The van der Waals surface area contributed by atoms with E-state index < -0.39 is 0 Å². The second-order valence-electron chi connectivity index (χ2n) is 5.85. The van der Waals surface area contributed by atoms with Gasteiger partial charge in [-0.05, 0) is 43.3 Å². The summed E-state index contributed by atoms with van der Waals surface area (Å²) in [4.78, 5) is 0. The largest absolute Gasteiger partial charge is 0.359 e. The minimum atomic E-state index is 0.625. The molecule has 3 nitrogen and oxygen atoms in total. The zero-order valence-electron chi connectivity index (χ0n) is 10.3. The number of nitrogens with zero attached hydrogens (tertiary/aromatic N) is 1. The fourth-order valence-corrected chi connectivity index (χ4v) is 7.26. The van der Waals surface area contributed by atoms with Gasteiger partial charge < -0.3 is 5.32 Å². The number of nitrogens with one attached hydrogen (secondary N) is 2. The van der Waals surface area contributed by atoms with E-state index in [4.69, 9.17) is 12.2 Å². The van der Waals surface area contributed by atoms with Crippen LogP contribution < -0.4 is 10.7 Å². The van der Waals surface area contributed by atoms with Crippen LogP contribution in [0, 0.1) is 11.8 Å². The third-order valence-corrected chi connectivity index (χ3v) is 7.97. The van der Waals surface area contributed by atoms with Gasteiger partial charge in [0.1, 0.15) is 0 Å². The highest BCUT2D eigenvalue weighted by Gasteiger charge is 2.43. The molecule has 0 aromatic carbocycles. The van der Waals surface area contributed by atoms with Crippen LogP contribution in [0.25, 0.3) is 0 Å². The summed E-state index contributed by atoms with van der Waals surface area (Å²) in [6, 6.07) is 0.643. The minimum Gasteiger partial charge on any atom is -0.359 e. The molecule has 0 amide bonds. The molecule has 4 aliphatic rings. The minimum absolute atomic E-state index is 0.625. The molecule has 4 fully saturated rings. The summed E-state index contributed by atoms with van der Waals surface area (Å²) in [5, 5.41) is 8.03. The first-order valence-corrected chi connectivity index (χ1v) is 9.39. The summed E-state index contributed by atoms with van der Waals surface area (Å²) in [7, 11) is 0. The molecule has 6 heteroatoms. The third-order valence-electron chi connectivity index (χ3n) is 4.77. The number of fused-ring (bicyclic) bond motifs is 4. The van der Waals surface area contributed by atoms with Gasteiger partial charge in [-0.15, -0.1) is 23.5 Å². The maximum atomic E-state index is 5.49. The van der Waals surface area contributed by atoms with Crippen molar-refractivity contribution in [2.45, 2.75) is 42.5 Å². The molecular weight excluding hydrogens is 282 g/mol. The van der Waals surface area contributed by atoms with Crippen LogP contribution in [0.4, 0.5) is 0 Å². The van der Waals surface area contributed by atoms with Gasteiger partial charge in [0.05, 0.1) is 10.7 Å². The van der Waals surface area contributed by atoms with E-state index >= 15 is 0 Å². The van der Waals surface area contributed by atoms with Crippen LogP contribution in [-0.4, -0.2) is 38.4 Å². The molecule has 5 atom stereocenters. The first kappa shape index (κ1) is 12.1. The van der Waals surface area contributed by atoms with Gasteiger partial charge in [0.2, 0.25) is 0 Å². The lowest BCUT2D eigenvalue weighted by atomic mass is 9.96. The van der Waals surface area contributed by atoms with Crippen LogP contribution in [0.5, 0.6) is 0 Å². The van der Waals surface area contributed by atoms with E-state index in [0.717, 1.165) is 16.9 Å². The molecule has 0 radical (unpaired) electrons. The van der Waals surface area contributed by atoms with Crippen LogP contribution in [0.15, 0.2) is 0 Å². The van der Waals surface area contributed by atoms with Gasteiger partial charge in [-0.1, -0.05) is 6.42 Å². The van der Waals surface area contributed by atoms with E-state index in [1.807, 2.05) is 0 Å². The SMILES string of the molecule is S=C(N[C@@H]1C[C@H]2CC[C@H]1C2)NN1[C@@H]2CS[C@@H]1CS2. The Morgan fingerprint density at radius 2 is 1.89 bits per heavy atom. The summed E-state index contributed by atoms with van der Waals surface area (Å²) in [5.41, 5.74) is 3.44. The van der Waals surface area contributed by atoms with Gasteiger partial charge >= 0.3 is 0 Å². The van der Waals surface area contributed by atoms with Gasteiger partial charge in [-0.3, -0.25) is 5.43 Å². The summed E-state index contributed by atoms with van der Waals surface area (Å²) in [6.45, 7) is 0. The zero-order valence-corrected chi connectivity index (χ0v) is 12.8. The number of rotatable bonds is 2. The highest BCUT2D eigenvalue weighted by atomic mass is 32.2. The van der Waals surface area contributed by atoms with Crippen LogP contribution in [0.2, 0.25) is 0 Å². The Hall–Kier alpha value is 0.350. The average molecular weight is 302 g/mol. The first-order valence-electron chi connectivity index (χ1n) is 6.88. The van der Waals surface area contributed by atoms with E-state index in [2.05, 4.69) is 39.3 Å². The molecule has 2 saturated carbocycles. The van der Waals surface area contributed by atoms with Crippen molar-refractivity contribution in [3.63, 3.8) is 0 Å². The van der Waals surface area contributed by atoms with Crippen molar-refractivity contribution < 1.29 is 0 Å². The lowest BCUT2D eigenvalue weighted by molar-refractivity contribution is 0.250. The van der Waals surface area contributed by atoms with Crippen LogP contribution in [-0.2, 0) is 0 Å². The Bertz CT molecular complexity index is 344. The number of hydrogen-bond acceptors (Lipinski definition) is 4. The summed E-state index contributed by atoms with van der Waals surface area (Å²) in [6.07, 6.45) is 5.63. The molecule has 2 aliphatic carbocycles. The van der Waals surface area contributed by atoms with Crippen molar-refractivity contribution in [3.8, 4) is 0 Å². The molecular formula is C12H19N3S3. The van der Waals surface area contributed by atoms with E-state index in [-0.39, 0.29) is 0 Å². The van der Waals surface area contributed by atoms with E-state index in [0.29, 0.717) is 16.8 Å². The second kappa shape index (κ2) is 4.72. The predicted octanol–water partition coefficient (Wildman–Crippen LogP) is 2.00. The monoisotopic (exact) mass is 301 g/mol. The smallest absolute Gasteiger partial charge is 0.181 e. The third kappa shape index (κ3) is 2.05. The van der Waals surface area contributed by atoms with Crippen LogP contribution in [0.1, 0.15) is 25.7 Å². The van der Waals surface area contributed by atoms with Gasteiger partial charge in [0.15, 0.2) is 5.11 Å². The number of hydrazine groups is 1. The van der Waals surface area contributed by atoms with Gasteiger partial charge in [-0.25, -0.2) is 0 Å². The topological polar surface area (TPSA) is 27.3 Å². The van der Waals surface area contributed by atoms with Crippen molar-refractivity contribution in [2.75, 3.05) is 11.5 Å². The molecule has 2 saturated heterocycles. The molecule has 0 spiro atoms. The summed E-state index contributed by atoms with van der Waals surface area (Å²) < 4.78 is 0. The summed E-state index contributed by atoms with van der Waals surface area (Å²) >= 11 is 9.60. The molecule has 2 heterocycles. The molecule has 0 aromatic rings. The van der Waals surface area contributed by atoms with Gasteiger partial charge in [0, 0.05) is 17.5 Å². The molecule has 0 aromatic heterocycles.